The van der Waals surface area contributed by atoms with E-state index in [0.717, 1.165) is 38.3 Å². The molecule has 0 fully saturated rings. The van der Waals surface area contributed by atoms with Crippen LogP contribution in [0.5, 0.6) is 11.5 Å². The summed E-state index contributed by atoms with van der Waals surface area (Å²) in [6.07, 6.45) is 0. The number of nitrogens with two attached hydrogens (primary N) is 1. The number of anilines is 3. The number of azo groups is 2. The lowest BCUT2D eigenvalue weighted by atomic mass is 10.1. The second-order valence-electron chi connectivity index (χ2n) is 12.9. The van der Waals surface area contributed by atoms with Crippen LogP contribution in [0.4, 0.5) is 34.3 Å². The molecule has 5 rings (SSSR count). The lowest BCUT2D eigenvalue weighted by Gasteiger charge is -2.15. The summed E-state index contributed by atoms with van der Waals surface area (Å²) in [4.78, 5) is 37.2. The lowest BCUT2D eigenvalue weighted by molar-refractivity contribution is -0.126. The highest BCUT2D eigenvalue weighted by Gasteiger charge is 2.27. The summed E-state index contributed by atoms with van der Waals surface area (Å²) < 4.78 is 112. The number of nitrogens with zero attached hydrogens (tertiary/aromatic N) is 6. The Hall–Kier alpha value is -6.97. The van der Waals surface area contributed by atoms with Crippen molar-refractivity contribution in [1.29, 1.82) is 0 Å². The number of carbonyl (C=O) groups is 3. The Balaban J connectivity index is 1.36. The van der Waals surface area contributed by atoms with Crippen molar-refractivity contribution in [3.63, 3.8) is 0 Å². The molecule has 1 atom stereocenters. The number of aromatic nitrogens is 2. The van der Waals surface area contributed by atoms with Gasteiger partial charge in [0.25, 0.3) is 42.2 Å². The first-order valence-corrected chi connectivity index (χ1v) is 21.6. The average molecular weight is 914 g/mol. The number of hydrogen-bond donors (Lipinski definition) is 6. The Bertz CT molecular complexity index is 3020. The van der Waals surface area contributed by atoms with Crippen LogP contribution in [0.1, 0.15) is 28.5 Å². The fourth-order valence-corrected chi connectivity index (χ4v) is 7.44. The van der Waals surface area contributed by atoms with Crippen LogP contribution in [0.25, 0.3) is 5.69 Å². The van der Waals surface area contributed by atoms with Gasteiger partial charge in [-0.25, -0.2) is 4.68 Å². The van der Waals surface area contributed by atoms with Gasteiger partial charge in [-0.05, 0) is 80.9 Å². The molecule has 1 heterocycles. The minimum atomic E-state index is -5.12. The molecule has 26 heteroatoms. The molecule has 0 spiro atoms. The average Bonchev–Trinajstić information content (AvgIpc) is 3.48. The smallest absolute Gasteiger partial charge is 0.296 e. The van der Waals surface area contributed by atoms with E-state index in [1.807, 2.05) is 0 Å². The van der Waals surface area contributed by atoms with Crippen molar-refractivity contribution in [3.05, 3.63) is 89.6 Å². The SMILES string of the molecule is COc1cc(/N=N/C(C(C)=O)C(=O)Nc2cc(C)c(S(=O)(=O)O)cc2OC)c(S(=O)(=O)O)cc1NC(=O)c1ccc(/N=N/c2c(C)nn(-c3cccc(S(=O)(=O)O)c3)c2N)cc1. The van der Waals surface area contributed by atoms with E-state index >= 15 is 0 Å². The van der Waals surface area contributed by atoms with Gasteiger partial charge in [0.1, 0.15) is 27.0 Å². The van der Waals surface area contributed by atoms with E-state index in [0.29, 0.717) is 5.69 Å². The van der Waals surface area contributed by atoms with Gasteiger partial charge in [0, 0.05) is 17.7 Å². The molecule has 7 N–H and O–H groups in total. The van der Waals surface area contributed by atoms with Crippen LogP contribution in [0.15, 0.2) is 108 Å². The van der Waals surface area contributed by atoms with Crippen molar-refractivity contribution in [2.24, 2.45) is 20.5 Å². The highest BCUT2D eigenvalue weighted by Crippen LogP contribution is 2.37. The molecular weight excluding hydrogens is 879 g/mol. The molecule has 0 aliphatic heterocycles. The minimum absolute atomic E-state index is 0.00457. The number of amides is 2. The van der Waals surface area contributed by atoms with Crippen molar-refractivity contribution >= 4 is 82.2 Å². The van der Waals surface area contributed by atoms with Gasteiger partial charge in [0.05, 0.1) is 47.6 Å². The van der Waals surface area contributed by atoms with Crippen LogP contribution < -0.4 is 25.8 Å². The molecule has 62 heavy (non-hydrogen) atoms. The number of carbonyl (C=O) groups excluding carboxylic acids is 3. The number of Topliss-reactive ketones (excluding diaryl/α,β-unsaturated/α-hetero) is 1. The van der Waals surface area contributed by atoms with Gasteiger partial charge in [-0.3, -0.25) is 28.0 Å². The largest absolute Gasteiger partial charge is 0.495 e. The predicted octanol–water partition coefficient (Wildman–Crippen LogP) is 5.18. The van der Waals surface area contributed by atoms with E-state index in [1.165, 1.54) is 67.2 Å². The van der Waals surface area contributed by atoms with E-state index in [-0.39, 0.29) is 61.8 Å². The maximum Gasteiger partial charge on any atom is 0.296 e. The Morgan fingerprint density at radius 1 is 0.758 bits per heavy atom. The summed E-state index contributed by atoms with van der Waals surface area (Å²) >= 11 is 0. The van der Waals surface area contributed by atoms with Crippen molar-refractivity contribution in [2.45, 2.75) is 41.5 Å². The molecule has 1 unspecified atom stereocenters. The number of ketones is 1. The minimum Gasteiger partial charge on any atom is -0.495 e. The van der Waals surface area contributed by atoms with Gasteiger partial charge in [-0.15, -0.1) is 5.11 Å². The molecule has 1 aromatic heterocycles. The highest BCUT2D eigenvalue weighted by atomic mass is 32.2. The number of rotatable bonds is 15. The van der Waals surface area contributed by atoms with Gasteiger partial charge in [0.2, 0.25) is 6.04 Å². The molecule has 326 valence electrons. The maximum atomic E-state index is 13.3. The van der Waals surface area contributed by atoms with E-state index < -0.39 is 69.5 Å². The van der Waals surface area contributed by atoms with Crippen LogP contribution >= 0.6 is 0 Å². The Labute approximate surface area is 352 Å². The topological polar surface area (TPSA) is 350 Å². The van der Waals surface area contributed by atoms with Crippen molar-refractivity contribution in [1.82, 2.24) is 9.78 Å². The zero-order chi connectivity index (χ0) is 45.9. The molecule has 0 aliphatic rings. The molecule has 0 saturated heterocycles. The molecule has 23 nitrogen and oxygen atoms in total. The molecule has 5 aromatic rings. The number of methoxy groups -OCH3 is 2. The standard InChI is InChI=1S/C36H35N9O14S3/c1-18-13-25(29(59-5)17-30(18)61(52,53)54)39-36(48)33(20(3)46)43-41-27-15-28(58-4)26(16-31(27)62(55,56)57)38-35(47)21-9-11-22(12-10-21)40-42-32-19(2)44-45(34(32)37)23-7-6-8-24(14-23)60(49,50)51/h6-17,33H,37H2,1-5H3,(H,38,47)(H,39,48)(H,49,50,51)(H,52,53,54)(H,55,56,57)/b42-40+,43-41+. The van der Waals surface area contributed by atoms with Gasteiger partial charge in [0.15, 0.2) is 17.3 Å². The van der Waals surface area contributed by atoms with Crippen LogP contribution in [-0.2, 0) is 39.9 Å². The molecule has 4 aromatic carbocycles. The van der Waals surface area contributed by atoms with Crippen LogP contribution in [0.3, 0.4) is 0 Å². The number of aryl methyl sites for hydroxylation is 2. The summed E-state index contributed by atoms with van der Waals surface area (Å²) in [5.74, 6) is -3.14. The predicted molar refractivity (Wildman–Crippen MR) is 219 cm³/mol. The third kappa shape index (κ3) is 10.5. The number of nitrogens with one attached hydrogen (secondary N) is 2. The molecular formula is C36H35N9O14S3. The van der Waals surface area contributed by atoms with Gasteiger partial charge in [-0.1, -0.05) is 6.07 Å². The second-order valence-corrected chi connectivity index (χ2v) is 17.1. The van der Waals surface area contributed by atoms with Crippen LogP contribution in [0.2, 0.25) is 0 Å². The highest BCUT2D eigenvalue weighted by molar-refractivity contribution is 7.86. The van der Waals surface area contributed by atoms with Gasteiger partial charge in [-0.2, -0.15) is 45.7 Å². The molecule has 0 saturated carbocycles. The Morgan fingerprint density at radius 3 is 1.95 bits per heavy atom. The summed E-state index contributed by atoms with van der Waals surface area (Å²) in [7, 11) is -12.0. The fourth-order valence-electron chi connectivity index (χ4n) is 5.57. The van der Waals surface area contributed by atoms with E-state index in [9.17, 15) is 53.3 Å². The van der Waals surface area contributed by atoms with Crippen molar-refractivity contribution < 1.29 is 62.8 Å². The Kier molecular flexibility index (Phi) is 13.3. The van der Waals surface area contributed by atoms with E-state index in [2.05, 4.69) is 36.2 Å². The number of nitrogen functional groups attached to an aromatic ring is 1. The van der Waals surface area contributed by atoms with E-state index in [1.54, 1.807) is 6.92 Å². The maximum absolute atomic E-state index is 13.3. The van der Waals surface area contributed by atoms with Crippen LogP contribution in [0, 0.1) is 13.8 Å². The third-order valence-electron chi connectivity index (χ3n) is 8.57. The quantitative estimate of drug-likeness (QED) is 0.0448. The fraction of sp³-hybridized carbons (Fsp3) is 0.167. The third-order valence-corrected chi connectivity index (χ3v) is 11.3. The van der Waals surface area contributed by atoms with E-state index in [4.69, 9.17) is 15.2 Å². The normalized spacial score (nSPS) is 12.6. The van der Waals surface area contributed by atoms with Crippen LogP contribution in [-0.4, -0.2) is 86.6 Å². The number of hydrogen-bond acceptors (Lipinski definition) is 17. The monoisotopic (exact) mass is 913 g/mol. The first kappa shape index (κ1) is 46.1. The summed E-state index contributed by atoms with van der Waals surface area (Å²) in [6.45, 7) is 3.89. The molecule has 0 aliphatic carbocycles. The van der Waals surface area contributed by atoms with Gasteiger partial charge >= 0.3 is 0 Å². The second kappa shape index (κ2) is 17.9. The number of benzene rings is 4. The van der Waals surface area contributed by atoms with Gasteiger partial charge < -0.3 is 25.8 Å². The first-order valence-electron chi connectivity index (χ1n) is 17.3. The summed E-state index contributed by atoms with van der Waals surface area (Å²) in [6, 6.07) is 12.8. The summed E-state index contributed by atoms with van der Waals surface area (Å²) in [5.41, 5.74) is 6.27. The molecule has 2 amide bonds. The lowest BCUT2D eigenvalue weighted by Crippen LogP contribution is -2.32. The Morgan fingerprint density at radius 2 is 1.37 bits per heavy atom. The van der Waals surface area contributed by atoms with Crippen molar-refractivity contribution in [3.8, 4) is 17.2 Å². The van der Waals surface area contributed by atoms with Crippen molar-refractivity contribution in [2.75, 3.05) is 30.6 Å². The molecule has 0 radical (unpaired) electrons. The zero-order valence-corrected chi connectivity index (χ0v) is 35.3. The molecule has 0 bridgehead atoms. The number of ether oxygens (including phenoxy) is 2. The summed E-state index contributed by atoms with van der Waals surface area (Å²) in [5, 5.41) is 24.8. The first-order chi connectivity index (χ1) is 28.9. The zero-order valence-electron chi connectivity index (χ0n) is 32.8.